The van der Waals surface area contributed by atoms with E-state index in [1.54, 1.807) is 12.1 Å². The molecule has 1 aliphatic rings. The lowest BCUT2D eigenvalue weighted by molar-refractivity contribution is 0.196. The number of likely N-dealkylation sites (N-methyl/N-ethyl adjacent to an activating group) is 1. The molecule has 2 nitrogen and oxygen atoms in total. The topological polar surface area (TPSA) is 29.3 Å². The van der Waals surface area contributed by atoms with Crippen molar-refractivity contribution in [3.05, 3.63) is 35.6 Å². The summed E-state index contributed by atoms with van der Waals surface area (Å²) in [6, 6.07) is 7.26. The van der Waals surface area contributed by atoms with E-state index in [2.05, 4.69) is 11.8 Å². The highest BCUT2D eigenvalue weighted by Gasteiger charge is 2.23. The van der Waals surface area contributed by atoms with E-state index >= 15 is 0 Å². The summed E-state index contributed by atoms with van der Waals surface area (Å²) in [5, 5.41) is 0. The van der Waals surface area contributed by atoms with E-state index in [9.17, 15) is 4.39 Å². The van der Waals surface area contributed by atoms with E-state index in [1.165, 1.54) is 31.7 Å². The van der Waals surface area contributed by atoms with Gasteiger partial charge >= 0.3 is 0 Å². The third-order valence-electron chi connectivity index (χ3n) is 3.98. The maximum absolute atomic E-state index is 13.7. The van der Waals surface area contributed by atoms with E-state index in [0.29, 0.717) is 11.6 Å². The van der Waals surface area contributed by atoms with Crippen molar-refractivity contribution in [3.63, 3.8) is 0 Å². The maximum Gasteiger partial charge on any atom is 0.128 e. The summed E-state index contributed by atoms with van der Waals surface area (Å²) in [6.07, 6.45) is 5.15. The minimum Gasteiger partial charge on any atom is -0.323 e. The van der Waals surface area contributed by atoms with Crippen LogP contribution in [0.5, 0.6) is 0 Å². The first-order chi connectivity index (χ1) is 8.72. The van der Waals surface area contributed by atoms with E-state index < -0.39 is 0 Å². The molecule has 0 bridgehead atoms. The van der Waals surface area contributed by atoms with Crippen LogP contribution in [0, 0.1) is 5.82 Å². The summed E-state index contributed by atoms with van der Waals surface area (Å²) >= 11 is 0. The minimum atomic E-state index is -0.230. The van der Waals surface area contributed by atoms with Gasteiger partial charge in [-0.15, -0.1) is 0 Å². The summed E-state index contributed by atoms with van der Waals surface area (Å²) in [7, 11) is 0. The largest absolute Gasteiger partial charge is 0.323 e. The molecule has 0 saturated heterocycles. The quantitative estimate of drug-likeness (QED) is 0.870. The van der Waals surface area contributed by atoms with Gasteiger partial charge in [-0.2, -0.15) is 0 Å². The molecule has 0 amide bonds. The fraction of sp³-hybridized carbons (Fsp3) is 0.600. The molecule has 2 rings (SSSR count). The zero-order chi connectivity index (χ0) is 13.0. The van der Waals surface area contributed by atoms with E-state index in [0.717, 1.165) is 13.1 Å². The first kappa shape index (κ1) is 13.5. The fourth-order valence-electron chi connectivity index (χ4n) is 2.93. The molecule has 1 aliphatic carbocycles. The summed E-state index contributed by atoms with van der Waals surface area (Å²) in [6.45, 7) is 3.90. The molecule has 1 aromatic carbocycles. The van der Waals surface area contributed by atoms with Crippen LogP contribution in [0.3, 0.4) is 0 Å². The van der Waals surface area contributed by atoms with Gasteiger partial charge in [0.25, 0.3) is 0 Å². The second kappa shape index (κ2) is 6.30. The number of hydrogen-bond acceptors (Lipinski definition) is 2. The summed E-state index contributed by atoms with van der Waals surface area (Å²) in [4.78, 5) is 2.41. The Hall–Kier alpha value is -0.930. The summed E-state index contributed by atoms with van der Waals surface area (Å²) in [5.74, 6) is -0.188. The fourth-order valence-corrected chi connectivity index (χ4v) is 2.93. The third kappa shape index (κ3) is 3.09. The molecule has 1 fully saturated rings. The highest BCUT2D eigenvalue weighted by molar-refractivity contribution is 5.21. The Morgan fingerprint density at radius 1 is 1.33 bits per heavy atom. The van der Waals surface area contributed by atoms with Crippen molar-refractivity contribution in [2.45, 2.75) is 44.7 Å². The number of nitrogens with two attached hydrogens (primary N) is 1. The van der Waals surface area contributed by atoms with Gasteiger partial charge < -0.3 is 5.73 Å². The molecule has 1 atom stereocenters. The van der Waals surface area contributed by atoms with Gasteiger partial charge in [0, 0.05) is 24.2 Å². The van der Waals surface area contributed by atoms with Crippen molar-refractivity contribution in [2.24, 2.45) is 5.73 Å². The molecule has 100 valence electrons. The Bertz CT molecular complexity index is 375. The van der Waals surface area contributed by atoms with Gasteiger partial charge in [-0.1, -0.05) is 38.0 Å². The number of hydrogen-bond donors (Lipinski definition) is 1. The van der Waals surface area contributed by atoms with Crippen LogP contribution in [0.15, 0.2) is 24.3 Å². The molecule has 3 heteroatoms. The van der Waals surface area contributed by atoms with E-state index in [4.69, 9.17) is 5.73 Å². The lowest BCUT2D eigenvalue weighted by Gasteiger charge is -2.30. The predicted molar refractivity (Wildman–Crippen MR) is 72.8 cm³/mol. The number of rotatable bonds is 5. The SMILES string of the molecule is CCN(CC(N)c1ccccc1F)C1CCCC1. The average Bonchev–Trinajstić information content (AvgIpc) is 2.90. The van der Waals surface area contributed by atoms with Gasteiger partial charge in [-0.05, 0) is 25.5 Å². The van der Waals surface area contributed by atoms with Gasteiger partial charge in [0.05, 0.1) is 0 Å². The number of halogens is 1. The molecule has 1 saturated carbocycles. The first-order valence-electron chi connectivity index (χ1n) is 6.96. The molecule has 18 heavy (non-hydrogen) atoms. The Balaban J connectivity index is 2.00. The van der Waals surface area contributed by atoms with Gasteiger partial charge in [-0.25, -0.2) is 4.39 Å². The molecule has 0 heterocycles. The van der Waals surface area contributed by atoms with Crippen molar-refractivity contribution in [2.75, 3.05) is 13.1 Å². The Kier molecular flexibility index (Phi) is 4.72. The Labute approximate surface area is 109 Å². The molecule has 1 unspecified atom stereocenters. The normalized spacial score (nSPS) is 18.4. The van der Waals surface area contributed by atoms with Crippen LogP contribution in [0.4, 0.5) is 4.39 Å². The third-order valence-corrected chi connectivity index (χ3v) is 3.98. The van der Waals surface area contributed by atoms with Crippen LogP contribution in [-0.2, 0) is 0 Å². The van der Waals surface area contributed by atoms with E-state index in [-0.39, 0.29) is 11.9 Å². The molecule has 1 aromatic rings. The maximum atomic E-state index is 13.7. The molecular formula is C15H23FN2. The monoisotopic (exact) mass is 250 g/mol. The van der Waals surface area contributed by atoms with Crippen molar-refractivity contribution in [1.82, 2.24) is 4.90 Å². The average molecular weight is 250 g/mol. The van der Waals surface area contributed by atoms with Crippen LogP contribution in [0.2, 0.25) is 0 Å². The molecule has 0 aliphatic heterocycles. The predicted octanol–water partition coefficient (Wildman–Crippen LogP) is 3.09. The number of nitrogens with zero attached hydrogens (tertiary/aromatic N) is 1. The lowest BCUT2D eigenvalue weighted by Crippen LogP contribution is -2.38. The Morgan fingerprint density at radius 3 is 2.61 bits per heavy atom. The van der Waals surface area contributed by atoms with Gasteiger partial charge in [0.15, 0.2) is 0 Å². The van der Waals surface area contributed by atoms with Crippen molar-refractivity contribution in [3.8, 4) is 0 Å². The molecule has 0 radical (unpaired) electrons. The van der Waals surface area contributed by atoms with Gasteiger partial charge in [-0.3, -0.25) is 4.90 Å². The van der Waals surface area contributed by atoms with Crippen molar-refractivity contribution >= 4 is 0 Å². The summed E-state index contributed by atoms with van der Waals surface area (Å²) in [5.41, 5.74) is 6.79. The molecule has 2 N–H and O–H groups in total. The first-order valence-corrected chi connectivity index (χ1v) is 6.96. The second-order valence-corrected chi connectivity index (χ2v) is 5.15. The highest BCUT2D eigenvalue weighted by atomic mass is 19.1. The van der Waals surface area contributed by atoms with Crippen LogP contribution >= 0.6 is 0 Å². The highest BCUT2D eigenvalue weighted by Crippen LogP contribution is 2.25. The molecule has 0 spiro atoms. The zero-order valence-electron chi connectivity index (χ0n) is 11.1. The smallest absolute Gasteiger partial charge is 0.128 e. The van der Waals surface area contributed by atoms with Gasteiger partial charge in [0.1, 0.15) is 5.82 Å². The van der Waals surface area contributed by atoms with Crippen LogP contribution < -0.4 is 5.73 Å². The van der Waals surface area contributed by atoms with Crippen LogP contribution in [-0.4, -0.2) is 24.0 Å². The summed E-state index contributed by atoms with van der Waals surface area (Å²) < 4.78 is 13.7. The molecular weight excluding hydrogens is 227 g/mol. The van der Waals surface area contributed by atoms with Crippen LogP contribution in [0.25, 0.3) is 0 Å². The standard InChI is InChI=1S/C15H23FN2/c1-2-18(12-7-3-4-8-12)11-15(17)13-9-5-6-10-14(13)16/h5-6,9-10,12,15H,2-4,7-8,11,17H2,1H3. The van der Waals surface area contributed by atoms with Crippen molar-refractivity contribution in [1.29, 1.82) is 0 Å². The second-order valence-electron chi connectivity index (χ2n) is 5.15. The van der Waals surface area contributed by atoms with E-state index in [1.807, 2.05) is 6.07 Å². The lowest BCUT2D eigenvalue weighted by atomic mass is 10.1. The molecule has 0 aromatic heterocycles. The van der Waals surface area contributed by atoms with Crippen LogP contribution in [0.1, 0.15) is 44.2 Å². The minimum absolute atomic E-state index is 0.188. The van der Waals surface area contributed by atoms with Crippen molar-refractivity contribution < 1.29 is 4.39 Å². The zero-order valence-corrected chi connectivity index (χ0v) is 11.1. The van der Waals surface area contributed by atoms with Gasteiger partial charge in [0.2, 0.25) is 0 Å². The number of benzene rings is 1. The Morgan fingerprint density at radius 2 is 2.00 bits per heavy atom.